The zero-order valence-electron chi connectivity index (χ0n) is 6.26. The Morgan fingerprint density at radius 3 is 3.25 bits per heavy atom. The SMILES string of the molecule is O=c1[nH]c(Cl)nc2c1CCOC2. The normalized spacial score (nSPS) is 15.8. The second kappa shape index (κ2) is 2.88. The van der Waals surface area contributed by atoms with E-state index in [1.165, 1.54) is 0 Å². The Hall–Kier alpha value is -0.870. The van der Waals surface area contributed by atoms with Crippen LogP contribution in [0.4, 0.5) is 0 Å². The van der Waals surface area contributed by atoms with Gasteiger partial charge in [-0.05, 0) is 11.6 Å². The highest BCUT2D eigenvalue weighted by atomic mass is 35.5. The van der Waals surface area contributed by atoms with Gasteiger partial charge in [-0.3, -0.25) is 9.78 Å². The van der Waals surface area contributed by atoms with E-state index in [4.69, 9.17) is 16.3 Å². The topological polar surface area (TPSA) is 55.0 Å². The summed E-state index contributed by atoms with van der Waals surface area (Å²) in [5.41, 5.74) is 1.22. The lowest BCUT2D eigenvalue weighted by Crippen LogP contribution is -2.23. The van der Waals surface area contributed by atoms with Crippen molar-refractivity contribution in [3.05, 3.63) is 26.9 Å². The van der Waals surface area contributed by atoms with E-state index in [1.807, 2.05) is 0 Å². The molecule has 1 aliphatic heterocycles. The molecule has 2 heterocycles. The van der Waals surface area contributed by atoms with Gasteiger partial charge in [0.05, 0.1) is 18.9 Å². The van der Waals surface area contributed by atoms with Crippen molar-refractivity contribution in [1.29, 1.82) is 0 Å². The zero-order chi connectivity index (χ0) is 8.55. The van der Waals surface area contributed by atoms with Gasteiger partial charge in [0.15, 0.2) is 0 Å². The van der Waals surface area contributed by atoms with Crippen molar-refractivity contribution in [2.45, 2.75) is 13.0 Å². The number of halogens is 1. The molecule has 0 bridgehead atoms. The predicted molar refractivity (Wildman–Crippen MR) is 43.2 cm³/mol. The summed E-state index contributed by atoms with van der Waals surface area (Å²) in [6.07, 6.45) is 0.620. The summed E-state index contributed by atoms with van der Waals surface area (Å²) < 4.78 is 5.13. The van der Waals surface area contributed by atoms with E-state index in [1.54, 1.807) is 0 Å². The average Bonchev–Trinajstić information content (AvgIpc) is 2.04. The van der Waals surface area contributed by atoms with Crippen LogP contribution in [0.25, 0.3) is 0 Å². The van der Waals surface area contributed by atoms with Crippen LogP contribution in [-0.2, 0) is 17.8 Å². The van der Waals surface area contributed by atoms with Gasteiger partial charge in [0.25, 0.3) is 5.56 Å². The van der Waals surface area contributed by atoms with Crippen molar-refractivity contribution in [3.63, 3.8) is 0 Å². The molecule has 0 saturated heterocycles. The maximum Gasteiger partial charge on any atom is 0.255 e. The number of H-pyrrole nitrogens is 1. The van der Waals surface area contributed by atoms with Gasteiger partial charge in [0.2, 0.25) is 5.28 Å². The lowest BCUT2D eigenvalue weighted by molar-refractivity contribution is 0.106. The van der Waals surface area contributed by atoms with Gasteiger partial charge >= 0.3 is 0 Å². The van der Waals surface area contributed by atoms with Crippen LogP contribution in [0.15, 0.2) is 4.79 Å². The Morgan fingerprint density at radius 1 is 1.58 bits per heavy atom. The van der Waals surface area contributed by atoms with Gasteiger partial charge in [-0.1, -0.05) is 0 Å². The summed E-state index contributed by atoms with van der Waals surface area (Å²) in [6, 6.07) is 0. The highest BCUT2D eigenvalue weighted by Crippen LogP contribution is 2.11. The van der Waals surface area contributed by atoms with Crippen LogP contribution in [0, 0.1) is 0 Å². The van der Waals surface area contributed by atoms with Crippen LogP contribution in [0.1, 0.15) is 11.3 Å². The van der Waals surface area contributed by atoms with Crippen LogP contribution in [0.3, 0.4) is 0 Å². The summed E-state index contributed by atoms with van der Waals surface area (Å²) >= 11 is 5.56. The molecule has 0 unspecified atom stereocenters. The number of rotatable bonds is 0. The van der Waals surface area contributed by atoms with Crippen molar-refractivity contribution < 1.29 is 4.74 Å². The molecule has 12 heavy (non-hydrogen) atoms. The lowest BCUT2D eigenvalue weighted by atomic mass is 10.1. The largest absolute Gasteiger partial charge is 0.375 e. The minimum Gasteiger partial charge on any atom is -0.375 e. The van der Waals surface area contributed by atoms with E-state index in [2.05, 4.69) is 9.97 Å². The number of ether oxygens (including phenoxy) is 1. The molecular formula is C7H7ClN2O2. The van der Waals surface area contributed by atoms with Crippen LogP contribution < -0.4 is 5.56 Å². The second-order valence-electron chi connectivity index (χ2n) is 2.58. The van der Waals surface area contributed by atoms with Gasteiger partial charge in [-0.25, -0.2) is 4.98 Å². The van der Waals surface area contributed by atoms with E-state index < -0.39 is 0 Å². The molecule has 64 valence electrons. The smallest absolute Gasteiger partial charge is 0.255 e. The van der Waals surface area contributed by atoms with Gasteiger partial charge in [0.1, 0.15) is 0 Å². The van der Waals surface area contributed by atoms with Crippen molar-refractivity contribution in [2.24, 2.45) is 0 Å². The molecule has 2 rings (SSSR count). The fourth-order valence-electron chi connectivity index (χ4n) is 1.23. The third-order valence-corrected chi connectivity index (χ3v) is 1.99. The van der Waals surface area contributed by atoms with Crippen molar-refractivity contribution in [1.82, 2.24) is 9.97 Å². The Morgan fingerprint density at radius 2 is 2.42 bits per heavy atom. The third kappa shape index (κ3) is 1.23. The molecule has 0 spiro atoms. The molecule has 0 radical (unpaired) electrons. The quantitative estimate of drug-likeness (QED) is 0.601. The molecule has 0 amide bonds. The van der Waals surface area contributed by atoms with E-state index in [0.717, 1.165) is 0 Å². The predicted octanol–water partition coefficient (Wildman–Crippen LogP) is 0.496. The minimum absolute atomic E-state index is 0.129. The first-order valence-electron chi connectivity index (χ1n) is 3.62. The first kappa shape index (κ1) is 7.76. The van der Waals surface area contributed by atoms with E-state index in [-0.39, 0.29) is 10.8 Å². The molecular weight excluding hydrogens is 180 g/mol. The Balaban J connectivity index is 2.60. The fraction of sp³-hybridized carbons (Fsp3) is 0.429. The van der Waals surface area contributed by atoms with E-state index >= 15 is 0 Å². The van der Waals surface area contributed by atoms with Crippen molar-refractivity contribution in [2.75, 3.05) is 6.61 Å². The molecule has 1 aromatic rings. The number of nitrogens with zero attached hydrogens (tertiary/aromatic N) is 1. The van der Waals surface area contributed by atoms with Gasteiger partial charge in [-0.15, -0.1) is 0 Å². The summed E-state index contributed by atoms with van der Waals surface area (Å²) in [5, 5.41) is 0.129. The maximum atomic E-state index is 11.2. The summed E-state index contributed by atoms with van der Waals surface area (Å²) in [6.45, 7) is 0.971. The molecule has 1 aromatic heterocycles. The monoisotopic (exact) mass is 186 g/mol. The van der Waals surface area contributed by atoms with Gasteiger partial charge < -0.3 is 4.74 Å². The molecule has 4 nitrogen and oxygen atoms in total. The highest BCUT2D eigenvalue weighted by molar-refractivity contribution is 6.28. The minimum atomic E-state index is -0.145. The number of hydrogen-bond acceptors (Lipinski definition) is 3. The van der Waals surface area contributed by atoms with Crippen molar-refractivity contribution >= 4 is 11.6 Å². The zero-order valence-corrected chi connectivity index (χ0v) is 7.02. The summed E-state index contributed by atoms with van der Waals surface area (Å²) in [7, 11) is 0. The van der Waals surface area contributed by atoms with Crippen LogP contribution in [0.2, 0.25) is 5.28 Å². The molecule has 1 N–H and O–H groups in total. The van der Waals surface area contributed by atoms with Crippen LogP contribution in [0.5, 0.6) is 0 Å². The molecule has 5 heteroatoms. The summed E-state index contributed by atoms with van der Waals surface area (Å²) in [4.78, 5) is 17.7. The molecule has 0 aromatic carbocycles. The van der Waals surface area contributed by atoms with Crippen molar-refractivity contribution in [3.8, 4) is 0 Å². The molecule has 0 fully saturated rings. The fourth-order valence-corrected chi connectivity index (χ4v) is 1.42. The van der Waals surface area contributed by atoms with Crippen LogP contribution in [-0.4, -0.2) is 16.6 Å². The Bertz CT molecular complexity index is 361. The number of aromatic amines is 1. The maximum absolute atomic E-state index is 11.2. The number of hydrogen-bond donors (Lipinski definition) is 1. The molecule has 1 aliphatic rings. The number of nitrogens with one attached hydrogen (secondary N) is 1. The number of fused-ring (bicyclic) bond motifs is 1. The molecule has 0 atom stereocenters. The van der Waals surface area contributed by atoms with Crippen LogP contribution >= 0.6 is 11.6 Å². The Labute approximate surface area is 73.5 Å². The first-order chi connectivity index (χ1) is 5.77. The average molecular weight is 187 g/mol. The number of aromatic nitrogens is 2. The van der Waals surface area contributed by atoms with Gasteiger partial charge in [0, 0.05) is 12.0 Å². The van der Waals surface area contributed by atoms with E-state index in [9.17, 15) is 4.79 Å². The lowest BCUT2D eigenvalue weighted by Gasteiger charge is -2.13. The Kier molecular flexibility index (Phi) is 1.86. The highest BCUT2D eigenvalue weighted by Gasteiger charge is 2.14. The second-order valence-corrected chi connectivity index (χ2v) is 2.94. The molecule has 0 aliphatic carbocycles. The molecule has 0 saturated carbocycles. The van der Waals surface area contributed by atoms with Gasteiger partial charge in [-0.2, -0.15) is 0 Å². The first-order valence-corrected chi connectivity index (χ1v) is 4.00. The summed E-state index contributed by atoms with van der Waals surface area (Å²) in [5.74, 6) is 0. The van der Waals surface area contributed by atoms with E-state index in [0.29, 0.717) is 30.9 Å². The standard InChI is InChI=1S/C7H7ClN2O2/c8-7-9-5-3-12-2-1-4(5)6(11)10-7/h1-3H2,(H,9,10,11). The third-order valence-electron chi connectivity index (χ3n) is 1.81.